The van der Waals surface area contributed by atoms with Gasteiger partial charge in [0.1, 0.15) is 5.82 Å². The minimum absolute atomic E-state index is 0.0583. The van der Waals surface area contributed by atoms with E-state index in [1.165, 1.54) is 12.1 Å². The van der Waals surface area contributed by atoms with Gasteiger partial charge in [-0.15, -0.1) is 11.3 Å². The van der Waals surface area contributed by atoms with E-state index in [4.69, 9.17) is 23.2 Å². The maximum atomic E-state index is 13.2. The van der Waals surface area contributed by atoms with E-state index in [9.17, 15) is 9.18 Å². The summed E-state index contributed by atoms with van der Waals surface area (Å²) in [7, 11) is 0. The summed E-state index contributed by atoms with van der Waals surface area (Å²) in [4.78, 5) is 13.3. The molecule has 2 N–H and O–H groups in total. The molecule has 3 nitrogen and oxygen atoms in total. The third-order valence-corrected chi connectivity index (χ3v) is 5.48. The maximum Gasteiger partial charge on any atom is 0.238 e. The molecule has 0 aliphatic heterocycles. The number of rotatable bonds is 6. The SMILES string of the molecule is O=C(CN[C@@H](c1ccc(F)cc1)c1cccs1)Nc1cccc(Cl)c1Cl. The molecule has 0 saturated carbocycles. The third-order valence-electron chi connectivity index (χ3n) is 3.72. The molecule has 2 aromatic carbocycles. The molecule has 134 valence electrons. The zero-order valence-corrected chi connectivity index (χ0v) is 15.8. The Labute approximate surface area is 164 Å². The molecule has 26 heavy (non-hydrogen) atoms. The first-order valence-electron chi connectivity index (χ1n) is 7.80. The molecule has 0 radical (unpaired) electrons. The minimum Gasteiger partial charge on any atom is -0.324 e. The average molecular weight is 409 g/mol. The Morgan fingerprint density at radius 2 is 1.85 bits per heavy atom. The number of carbonyl (C=O) groups is 1. The van der Waals surface area contributed by atoms with E-state index in [2.05, 4.69) is 10.6 Å². The third kappa shape index (κ3) is 4.62. The first kappa shape index (κ1) is 18.9. The van der Waals surface area contributed by atoms with Gasteiger partial charge < -0.3 is 5.32 Å². The Balaban J connectivity index is 1.70. The van der Waals surface area contributed by atoms with Crippen LogP contribution in [0.1, 0.15) is 16.5 Å². The van der Waals surface area contributed by atoms with Gasteiger partial charge in [-0.3, -0.25) is 10.1 Å². The topological polar surface area (TPSA) is 41.1 Å². The first-order chi connectivity index (χ1) is 12.5. The van der Waals surface area contributed by atoms with Crippen LogP contribution in [0.4, 0.5) is 10.1 Å². The van der Waals surface area contributed by atoms with Gasteiger partial charge in [0.05, 0.1) is 28.3 Å². The van der Waals surface area contributed by atoms with Gasteiger partial charge in [-0.05, 0) is 41.3 Å². The van der Waals surface area contributed by atoms with Crippen molar-refractivity contribution in [1.82, 2.24) is 5.32 Å². The van der Waals surface area contributed by atoms with E-state index in [1.807, 2.05) is 17.5 Å². The molecule has 1 aromatic heterocycles. The standard InChI is InChI=1S/C19H15Cl2FN2OS/c20-14-3-1-4-15(18(14)21)24-17(25)11-23-19(16-5-2-10-26-16)12-6-8-13(22)9-7-12/h1-10,19,23H,11H2,(H,24,25)/t19-/m0/s1. The van der Waals surface area contributed by atoms with Crippen molar-refractivity contribution in [3.8, 4) is 0 Å². The fourth-order valence-electron chi connectivity index (χ4n) is 2.48. The van der Waals surface area contributed by atoms with Crippen molar-refractivity contribution >= 4 is 46.1 Å². The van der Waals surface area contributed by atoms with E-state index >= 15 is 0 Å². The van der Waals surface area contributed by atoms with E-state index < -0.39 is 0 Å². The normalized spacial score (nSPS) is 12.0. The Morgan fingerprint density at radius 1 is 1.08 bits per heavy atom. The Kier molecular flexibility index (Phi) is 6.27. The molecule has 3 aromatic rings. The summed E-state index contributed by atoms with van der Waals surface area (Å²) >= 11 is 13.6. The molecular weight excluding hydrogens is 394 g/mol. The molecule has 1 heterocycles. The second kappa shape index (κ2) is 8.64. The molecule has 0 spiro atoms. The predicted octanol–water partition coefficient (Wildman–Crippen LogP) is 5.51. The molecule has 0 aliphatic carbocycles. The van der Waals surface area contributed by atoms with E-state index in [-0.39, 0.29) is 24.3 Å². The zero-order chi connectivity index (χ0) is 18.5. The van der Waals surface area contributed by atoms with Crippen LogP contribution in [0.15, 0.2) is 60.0 Å². The lowest BCUT2D eigenvalue weighted by Gasteiger charge is -2.18. The fraction of sp³-hybridized carbons (Fsp3) is 0.105. The molecule has 0 aliphatic rings. The number of nitrogens with one attached hydrogen (secondary N) is 2. The molecule has 1 amide bonds. The molecule has 7 heteroatoms. The number of benzene rings is 2. The fourth-order valence-corrected chi connectivity index (χ4v) is 3.66. The van der Waals surface area contributed by atoms with Crippen molar-refractivity contribution in [2.75, 3.05) is 11.9 Å². The molecule has 0 unspecified atom stereocenters. The van der Waals surface area contributed by atoms with Gasteiger partial charge in [-0.2, -0.15) is 0 Å². The van der Waals surface area contributed by atoms with Crippen molar-refractivity contribution in [3.05, 3.63) is 86.3 Å². The zero-order valence-electron chi connectivity index (χ0n) is 13.5. The van der Waals surface area contributed by atoms with E-state index in [0.717, 1.165) is 10.4 Å². The molecule has 0 saturated heterocycles. The van der Waals surface area contributed by atoms with Crippen molar-refractivity contribution in [2.24, 2.45) is 0 Å². The largest absolute Gasteiger partial charge is 0.324 e. The minimum atomic E-state index is -0.299. The van der Waals surface area contributed by atoms with Gasteiger partial charge in [0.2, 0.25) is 5.91 Å². The van der Waals surface area contributed by atoms with Crippen LogP contribution in [0.5, 0.6) is 0 Å². The summed E-state index contributed by atoms with van der Waals surface area (Å²) < 4.78 is 13.2. The average Bonchev–Trinajstić information content (AvgIpc) is 3.15. The van der Waals surface area contributed by atoms with Crippen molar-refractivity contribution < 1.29 is 9.18 Å². The summed E-state index contributed by atoms with van der Waals surface area (Å²) in [6, 6.07) is 15.0. The highest BCUT2D eigenvalue weighted by Crippen LogP contribution is 2.29. The first-order valence-corrected chi connectivity index (χ1v) is 9.44. The van der Waals surface area contributed by atoms with Crippen LogP contribution >= 0.6 is 34.5 Å². The van der Waals surface area contributed by atoms with Crippen molar-refractivity contribution in [3.63, 3.8) is 0 Å². The second-order valence-corrected chi connectivity index (χ2v) is 7.29. The summed E-state index contributed by atoms with van der Waals surface area (Å²) in [5.74, 6) is -0.551. The number of hydrogen-bond acceptors (Lipinski definition) is 3. The summed E-state index contributed by atoms with van der Waals surface area (Å²) in [6.45, 7) is 0.0583. The number of anilines is 1. The number of hydrogen-bond donors (Lipinski definition) is 2. The predicted molar refractivity (Wildman–Crippen MR) is 106 cm³/mol. The molecule has 1 atom stereocenters. The Hall–Kier alpha value is -1.92. The maximum absolute atomic E-state index is 13.2. The molecule has 0 fully saturated rings. The lowest BCUT2D eigenvalue weighted by Crippen LogP contribution is -2.31. The Bertz CT molecular complexity index is 885. The molecule has 0 bridgehead atoms. The quantitative estimate of drug-likeness (QED) is 0.564. The smallest absolute Gasteiger partial charge is 0.238 e. The van der Waals surface area contributed by atoms with Crippen LogP contribution in [0, 0.1) is 5.82 Å². The van der Waals surface area contributed by atoms with Gasteiger partial charge in [0.15, 0.2) is 0 Å². The van der Waals surface area contributed by atoms with Crippen LogP contribution in [0.3, 0.4) is 0 Å². The lowest BCUT2D eigenvalue weighted by atomic mass is 10.1. The Morgan fingerprint density at radius 3 is 2.54 bits per heavy atom. The number of thiophene rings is 1. The number of amides is 1. The molecular formula is C19H15Cl2FN2OS. The van der Waals surface area contributed by atoms with E-state index in [0.29, 0.717) is 15.7 Å². The van der Waals surface area contributed by atoms with Crippen LogP contribution in [-0.4, -0.2) is 12.5 Å². The number of halogens is 3. The van der Waals surface area contributed by atoms with Crippen LogP contribution in [0.2, 0.25) is 10.0 Å². The van der Waals surface area contributed by atoms with Gasteiger partial charge in [-0.1, -0.05) is 47.5 Å². The van der Waals surface area contributed by atoms with Crippen molar-refractivity contribution in [2.45, 2.75) is 6.04 Å². The van der Waals surface area contributed by atoms with Crippen LogP contribution in [-0.2, 0) is 4.79 Å². The molecule has 3 rings (SSSR count). The summed E-state index contributed by atoms with van der Waals surface area (Å²) in [5.41, 5.74) is 1.34. The van der Waals surface area contributed by atoms with Crippen LogP contribution < -0.4 is 10.6 Å². The summed E-state index contributed by atoms with van der Waals surface area (Å²) in [6.07, 6.45) is 0. The monoisotopic (exact) mass is 408 g/mol. The highest BCUT2D eigenvalue weighted by molar-refractivity contribution is 7.10. The summed E-state index contributed by atoms with van der Waals surface area (Å²) in [5, 5.41) is 8.58. The van der Waals surface area contributed by atoms with Gasteiger partial charge in [0, 0.05) is 4.88 Å². The van der Waals surface area contributed by atoms with Gasteiger partial charge in [0.25, 0.3) is 0 Å². The second-order valence-electron chi connectivity index (χ2n) is 5.53. The van der Waals surface area contributed by atoms with E-state index in [1.54, 1.807) is 41.7 Å². The van der Waals surface area contributed by atoms with Crippen molar-refractivity contribution in [1.29, 1.82) is 0 Å². The highest BCUT2D eigenvalue weighted by Gasteiger charge is 2.17. The lowest BCUT2D eigenvalue weighted by molar-refractivity contribution is -0.115. The van der Waals surface area contributed by atoms with Crippen LogP contribution in [0.25, 0.3) is 0 Å². The van der Waals surface area contributed by atoms with Gasteiger partial charge >= 0.3 is 0 Å². The highest BCUT2D eigenvalue weighted by atomic mass is 35.5. The number of carbonyl (C=O) groups excluding carboxylic acids is 1. The van der Waals surface area contributed by atoms with Gasteiger partial charge in [-0.25, -0.2) is 4.39 Å².